The van der Waals surface area contributed by atoms with E-state index in [0.29, 0.717) is 10.8 Å². The molecule has 0 aliphatic carbocycles. The van der Waals surface area contributed by atoms with E-state index in [4.69, 9.17) is 16.3 Å². The molecule has 1 aliphatic heterocycles. The van der Waals surface area contributed by atoms with Crippen molar-refractivity contribution >= 4 is 23.2 Å². The number of benzene rings is 1. The largest absolute Gasteiger partial charge is 0.495 e. The summed E-state index contributed by atoms with van der Waals surface area (Å²) in [5.41, 5.74) is 0.758. The minimum Gasteiger partial charge on any atom is -0.495 e. The number of rotatable bonds is 3. The molecule has 1 aromatic carbocycles. The van der Waals surface area contributed by atoms with Crippen molar-refractivity contribution in [3.63, 3.8) is 0 Å². The van der Waals surface area contributed by atoms with Crippen LogP contribution in [0.3, 0.4) is 0 Å². The lowest BCUT2D eigenvalue weighted by Crippen LogP contribution is -2.31. The third-order valence-electron chi connectivity index (χ3n) is 2.92. The summed E-state index contributed by atoms with van der Waals surface area (Å²) in [6.45, 7) is 0.777. The Morgan fingerprint density at radius 1 is 1.53 bits per heavy atom. The zero-order chi connectivity index (χ0) is 12.4. The van der Waals surface area contributed by atoms with Gasteiger partial charge in [0.2, 0.25) is 5.91 Å². The van der Waals surface area contributed by atoms with E-state index in [1.165, 1.54) is 0 Å². The number of amides is 1. The average Bonchev–Trinajstić information content (AvgIpc) is 2.61. The molecule has 4 nitrogen and oxygen atoms in total. The zero-order valence-electron chi connectivity index (χ0n) is 9.87. The number of anilines is 1. The van der Waals surface area contributed by atoms with Crippen molar-refractivity contribution in [2.45, 2.75) is 12.5 Å². The second-order valence-corrected chi connectivity index (χ2v) is 4.53. The number of carbonyl (C=O) groups excluding carboxylic acids is 1. The second kappa shape index (κ2) is 4.84. The first-order chi connectivity index (χ1) is 8.11. The number of nitrogens with zero attached hydrogens (tertiary/aromatic N) is 1. The maximum atomic E-state index is 11.8. The summed E-state index contributed by atoms with van der Waals surface area (Å²) in [4.78, 5) is 13.5. The Kier molecular flexibility index (Phi) is 3.43. The van der Waals surface area contributed by atoms with Crippen LogP contribution in [0.5, 0.6) is 5.75 Å². The van der Waals surface area contributed by atoms with Crippen LogP contribution in [0.1, 0.15) is 6.42 Å². The van der Waals surface area contributed by atoms with Gasteiger partial charge in [-0.1, -0.05) is 11.6 Å². The molecule has 1 atom stereocenters. The Morgan fingerprint density at radius 2 is 2.29 bits per heavy atom. The number of halogens is 1. The Hall–Kier alpha value is -1.42. The van der Waals surface area contributed by atoms with Gasteiger partial charge in [0.05, 0.1) is 12.8 Å². The van der Waals surface area contributed by atoms with E-state index in [0.717, 1.165) is 18.7 Å². The summed E-state index contributed by atoms with van der Waals surface area (Å²) in [6.07, 6.45) is 0.797. The lowest BCUT2D eigenvalue weighted by Gasteiger charge is -2.16. The Bertz CT molecular complexity index is 437. The van der Waals surface area contributed by atoms with E-state index >= 15 is 0 Å². The van der Waals surface area contributed by atoms with E-state index in [1.807, 2.05) is 0 Å². The highest BCUT2D eigenvalue weighted by atomic mass is 35.5. The molecule has 0 aromatic heterocycles. The van der Waals surface area contributed by atoms with Crippen LogP contribution in [0.25, 0.3) is 0 Å². The smallest absolute Gasteiger partial charge is 0.244 e. The van der Waals surface area contributed by atoms with Gasteiger partial charge in [-0.05, 0) is 24.6 Å². The fourth-order valence-electron chi connectivity index (χ4n) is 1.94. The highest BCUT2D eigenvalue weighted by Gasteiger charge is 2.29. The maximum Gasteiger partial charge on any atom is 0.244 e. The highest BCUT2D eigenvalue weighted by Crippen LogP contribution is 2.29. The van der Waals surface area contributed by atoms with Gasteiger partial charge >= 0.3 is 0 Å². The Labute approximate surface area is 106 Å². The molecule has 2 rings (SSSR count). The van der Waals surface area contributed by atoms with Gasteiger partial charge in [0.1, 0.15) is 11.8 Å². The fraction of sp³-hybridized carbons (Fsp3) is 0.417. The quantitative estimate of drug-likeness (QED) is 0.897. The van der Waals surface area contributed by atoms with Crippen LogP contribution in [-0.4, -0.2) is 37.6 Å². The van der Waals surface area contributed by atoms with E-state index in [9.17, 15) is 4.79 Å². The summed E-state index contributed by atoms with van der Waals surface area (Å²) in [5, 5.41) is 3.80. The van der Waals surface area contributed by atoms with Gasteiger partial charge in [0.25, 0.3) is 0 Å². The molecule has 0 saturated carbocycles. The molecule has 1 heterocycles. The first-order valence-electron chi connectivity index (χ1n) is 5.47. The molecule has 1 aromatic rings. The molecule has 1 N–H and O–H groups in total. The summed E-state index contributed by atoms with van der Waals surface area (Å²) in [6, 6.07) is 5.13. The van der Waals surface area contributed by atoms with Crippen LogP contribution in [-0.2, 0) is 4.79 Å². The summed E-state index contributed by atoms with van der Waals surface area (Å²) >= 11 is 5.93. The molecule has 92 valence electrons. The van der Waals surface area contributed by atoms with E-state index in [-0.39, 0.29) is 11.9 Å². The number of likely N-dealkylation sites (N-methyl/N-ethyl adjacent to an activating group) is 1. The minimum absolute atomic E-state index is 0.104. The van der Waals surface area contributed by atoms with Gasteiger partial charge in [-0.15, -0.1) is 0 Å². The molecular weight excluding hydrogens is 240 g/mol. The Morgan fingerprint density at radius 3 is 2.88 bits per heavy atom. The predicted molar refractivity (Wildman–Crippen MR) is 67.7 cm³/mol. The van der Waals surface area contributed by atoms with Crippen LogP contribution >= 0.6 is 11.6 Å². The number of ether oxygens (including phenoxy) is 1. The van der Waals surface area contributed by atoms with Crippen molar-refractivity contribution in [2.24, 2.45) is 0 Å². The molecule has 0 bridgehead atoms. The Balaban J connectivity index is 2.18. The summed E-state index contributed by atoms with van der Waals surface area (Å²) < 4.78 is 5.23. The molecule has 0 spiro atoms. The number of hydrogen-bond acceptors (Lipinski definition) is 3. The van der Waals surface area contributed by atoms with Crippen molar-refractivity contribution in [2.75, 3.05) is 26.0 Å². The van der Waals surface area contributed by atoms with Gasteiger partial charge in [0, 0.05) is 18.6 Å². The van der Waals surface area contributed by atoms with Gasteiger partial charge in [0.15, 0.2) is 0 Å². The molecule has 1 aliphatic rings. The zero-order valence-corrected chi connectivity index (χ0v) is 10.6. The van der Waals surface area contributed by atoms with Gasteiger partial charge < -0.3 is 15.0 Å². The highest BCUT2D eigenvalue weighted by molar-refractivity contribution is 6.30. The van der Waals surface area contributed by atoms with E-state index < -0.39 is 0 Å². The third kappa shape index (κ3) is 2.47. The van der Waals surface area contributed by atoms with Crippen molar-refractivity contribution in [3.8, 4) is 5.75 Å². The maximum absolute atomic E-state index is 11.8. The monoisotopic (exact) mass is 254 g/mol. The van der Waals surface area contributed by atoms with Crippen LogP contribution in [0.15, 0.2) is 18.2 Å². The standard InChI is InChI=1S/C12H15ClN2O2/c1-15-6-5-9(12(15)16)14-10-7-8(13)3-4-11(10)17-2/h3-4,7,9,14H,5-6H2,1-2H3. The number of methoxy groups -OCH3 is 1. The van der Waals surface area contributed by atoms with Crippen LogP contribution in [0.4, 0.5) is 5.69 Å². The molecular formula is C12H15ClN2O2. The topological polar surface area (TPSA) is 41.6 Å². The normalized spacial score (nSPS) is 19.6. The second-order valence-electron chi connectivity index (χ2n) is 4.09. The SMILES string of the molecule is COc1ccc(Cl)cc1NC1CCN(C)C1=O. The first-order valence-corrected chi connectivity index (χ1v) is 5.84. The van der Waals surface area contributed by atoms with Crippen LogP contribution in [0, 0.1) is 0 Å². The van der Waals surface area contributed by atoms with Crippen LogP contribution in [0.2, 0.25) is 5.02 Å². The van der Waals surface area contributed by atoms with Crippen molar-refractivity contribution < 1.29 is 9.53 Å². The molecule has 1 saturated heterocycles. The minimum atomic E-state index is -0.188. The van der Waals surface area contributed by atoms with Gasteiger partial charge in [-0.25, -0.2) is 0 Å². The molecule has 0 radical (unpaired) electrons. The lowest BCUT2D eigenvalue weighted by atomic mass is 10.2. The average molecular weight is 255 g/mol. The number of hydrogen-bond donors (Lipinski definition) is 1. The van der Waals surface area contributed by atoms with E-state index in [2.05, 4.69) is 5.32 Å². The molecule has 1 unspecified atom stereocenters. The van der Waals surface area contributed by atoms with Crippen LogP contribution < -0.4 is 10.1 Å². The number of nitrogens with one attached hydrogen (secondary N) is 1. The van der Waals surface area contributed by atoms with Crippen molar-refractivity contribution in [1.82, 2.24) is 4.90 Å². The number of likely N-dealkylation sites (tertiary alicyclic amines) is 1. The number of carbonyl (C=O) groups is 1. The third-order valence-corrected chi connectivity index (χ3v) is 3.15. The molecule has 1 amide bonds. The van der Waals surface area contributed by atoms with E-state index in [1.54, 1.807) is 37.3 Å². The van der Waals surface area contributed by atoms with Crippen molar-refractivity contribution in [3.05, 3.63) is 23.2 Å². The lowest BCUT2D eigenvalue weighted by molar-refractivity contribution is -0.127. The predicted octanol–water partition coefficient (Wildman–Crippen LogP) is 1.99. The molecule has 5 heteroatoms. The summed E-state index contributed by atoms with van der Waals surface area (Å²) in [7, 11) is 3.40. The first kappa shape index (κ1) is 12.0. The molecule has 1 fully saturated rings. The van der Waals surface area contributed by atoms with Gasteiger partial charge in [-0.3, -0.25) is 4.79 Å². The molecule has 17 heavy (non-hydrogen) atoms. The van der Waals surface area contributed by atoms with Crippen molar-refractivity contribution in [1.29, 1.82) is 0 Å². The van der Waals surface area contributed by atoms with Gasteiger partial charge in [-0.2, -0.15) is 0 Å². The summed E-state index contributed by atoms with van der Waals surface area (Å²) in [5.74, 6) is 0.795. The fourth-order valence-corrected chi connectivity index (χ4v) is 2.11.